The first-order valence-corrected chi connectivity index (χ1v) is 10.9. The zero-order chi connectivity index (χ0) is 26.0. The topological polar surface area (TPSA) is 42.0 Å². The molecule has 186 valence electrons. The number of carbonyl (C=O) groups is 1. The van der Waals surface area contributed by atoms with E-state index in [1.54, 1.807) is 24.3 Å². The minimum atomic E-state index is -4.80. The first-order chi connectivity index (χ1) is 17.1. The molecule has 5 nitrogen and oxygen atoms in total. The second-order valence-electron chi connectivity index (χ2n) is 7.75. The van der Waals surface area contributed by atoms with E-state index in [1.165, 1.54) is 0 Å². The van der Waals surface area contributed by atoms with Crippen molar-refractivity contribution in [2.24, 2.45) is 0 Å². The van der Waals surface area contributed by atoms with Crippen LogP contribution in [0.1, 0.15) is 5.56 Å². The van der Waals surface area contributed by atoms with Gasteiger partial charge < -0.3 is 9.47 Å². The van der Waals surface area contributed by atoms with Crippen LogP contribution in [0.3, 0.4) is 0 Å². The Morgan fingerprint density at radius 2 is 1.61 bits per heavy atom. The Morgan fingerprint density at radius 3 is 2.28 bits per heavy atom. The van der Waals surface area contributed by atoms with E-state index in [0.717, 1.165) is 24.7 Å². The van der Waals surface area contributed by atoms with Gasteiger partial charge in [0.15, 0.2) is 11.5 Å². The Hall–Kier alpha value is -3.98. The molecule has 2 amide bonds. The van der Waals surface area contributed by atoms with Crippen LogP contribution in [0.15, 0.2) is 90.8 Å². The van der Waals surface area contributed by atoms with Crippen molar-refractivity contribution in [3.8, 4) is 17.2 Å². The molecule has 10 heteroatoms. The van der Waals surface area contributed by atoms with E-state index in [9.17, 15) is 22.4 Å². The van der Waals surface area contributed by atoms with Gasteiger partial charge in [-0.15, -0.1) is 0 Å². The molecule has 0 unspecified atom stereocenters. The molecular formula is C26H19ClF4N2O3. The summed E-state index contributed by atoms with van der Waals surface area (Å²) in [4.78, 5) is 13.8. The number of ether oxygens (including phenoxy) is 2. The number of hydrogen-bond acceptors (Lipinski definition) is 3. The molecule has 1 heterocycles. The van der Waals surface area contributed by atoms with Crippen molar-refractivity contribution in [1.82, 2.24) is 4.90 Å². The average molecular weight is 519 g/mol. The Morgan fingerprint density at radius 1 is 0.972 bits per heavy atom. The molecular weight excluding hydrogens is 500 g/mol. The van der Waals surface area contributed by atoms with Crippen LogP contribution in [0.4, 0.5) is 28.0 Å². The lowest BCUT2D eigenvalue weighted by Crippen LogP contribution is -2.46. The molecule has 3 aromatic carbocycles. The first kappa shape index (κ1) is 25.1. The minimum Gasteiger partial charge on any atom is -0.485 e. The minimum absolute atomic E-state index is 0.0438. The molecule has 0 N–H and O–H groups in total. The van der Waals surface area contributed by atoms with Crippen molar-refractivity contribution >= 4 is 23.3 Å². The summed E-state index contributed by atoms with van der Waals surface area (Å²) in [5, 5.41) is -0.121. The van der Waals surface area contributed by atoms with Crippen LogP contribution in [-0.2, 0) is 6.61 Å². The van der Waals surface area contributed by atoms with E-state index in [1.807, 2.05) is 30.3 Å². The van der Waals surface area contributed by atoms with Crippen molar-refractivity contribution in [1.29, 1.82) is 0 Å². The number of benzene rings is 3. The molecule has 1 aliphatic rings. The number of amides is 2. The summed E-state index contributed by atoms with van der Waals surface area (Å²) in [5.41, 5.74) is -1.04. The van der Waals surface area contributed by atoms with E-state index in [4.69, 9.17) is 21.1 Å². The Kier molecular flexibility index (Phi) is 6.94. The number of anilines is 1. The van der Waals surface area contributed by atoms with E-state index < -0.39 is 23.7 Å². The van der Waals surface area contributed by atoms with E-state index >= 15 is 0 Å². The van der Waals surface area contributed by atoms with Gasteiger partial charge in [-0.1, -0.05) is 60.6 Å². The highest BCUT2D eigenvalue weighted by Gasteiger charge is 2.43. The zero-order valence-corrected chi connectivity index (χ0v) is 19.6. The van der Waals surface area contributed by atoms with Gasteiger partial charge in [0, 0.05) is 18.8 Å². The van der Waals surface area contributed by atoms with E-state index in [2.05, 4.69) is 6.58 Å². The molecule has 0 saturated heterocycles. The molecule has 0 radical (unpaired) electrons. The average Bonchev–Trinajstić information content (AvgIpc) is 2.83. The van der Waals surface area contributed by atoms with Crippen molar-refractivity contribution in [3.63, 3.8) is 0 Å². The first-order valence-electron chi connectivity index (χ1n) is 10.5. The van der Waals surface area contributed by atoms with Gasteiger partial charge in [-0.25, -0.2) is 9.18 Å². The van der Waals surface area contributed by atoms with Crippen molar-refractivity contribution < 1.29 is 31.8 Å². The monoisotopic (exact) mass is 518 g/mol. The van der Waals surface area contributed by atoms with Crippen LogP contribution >= 0.6 is 11.6 Å². The van der Waals surface area contributed by atoms with E-state index in [0.29, 0.717) is 21.6 Å². The second kappa shape index (κ2) is 9.94. The number of allylic oxidation sites excluding steroid dienone is 2. The normalized spacial score (nSPS) is 14.1. The van der Waals surface area contributed by atoms with Crippen LogP contribution in [-0.4, -0.2) is 24.2 Å². The molecule has 36 heavy (non-hydrogen) atoms. The molecule has 3 aromatic rings. The van der Waals surface area contributed by atoms with Crippen LogP contribution in [0.25, 0.3) is 0 Å². The maximum absolute atomic E-state index is 14.9. The molecule has 0 bridgehead atoms. The van der Waals surface area contributed by atoms with E-state index in [-0.39, 0.29) is 34.5 Å². The third-order valence-corrected chi connectivity index (χ3v) is 5.56. The summed E-state index contributed by atoms with van der Waals surface area (Å²) in [5.74, 6) is -0.363. The summed E-state index contributed by atoms with van der Waals surface area (Å²) in [6.07, 6.45) is -4.14. The molecule has 0 saturated carbocycles. The number of carbonyl (C=O) groups excluding carboxylic acids is 1. The smallest absolute Gasteiger partial charge is 0.431 e. The van der Waals surface area contributed by atoms with Gasteiger partial charge in [0.1, 0.15) is 23.9 Å². The van der Waals surface area contributed by atoms with Gasteiger partial charge in [0.2, 0.25) is 0 Å². The van der Waals surface area contributed by atoms with Gasteiger partial charge in [-0.05, 0) is 29.8 Å². The molecule has 0 atom stereocenters. The highest BCUT2D eigenvalue weighted by atomic mass is 35.5. The maximum atomic E-state index is 14.9. The lowest BCUT2D eigenvalue weighted by molar-refractivity contribution is -0.106. The second-order valence-corrected chi connectivity index (χ2v) is 8.16. The number of hydrogen-bond donors (Lipinski definition) is 0. The van der Waals surface area contributed by atoms with Gasteiger partial charge in [-0.3, -0.25) is 9.80 Å². The zero-order valence-electron chi connectivity index (χ0n) is 18.9. The van der Waals surface area contributed by atoms with Gasteiger partial charge in [0.25, 0.3) is 0 Å². The molecule has 0 spiro atoms. The van der Waals surface area contributed by atoms with Crippen LogP contribution in [0.5, 0.6) is 17.2 Å². The number of alkyl halides is 3. The van der Waals surface area contributed by atoms with Crippen molar-refractivity contribution in [3.05, 3.63) is 107 Å². The number of para-hydroxylation sites is 2. The van der Waals surface area contributed by atoms with Gasteiger partial charge in [0.05, 0.1) is 10.7 Å². The summed E-state index contributed by atoms with van der Waals surface area (Å²) in [7, 11) is 0.937. The summed E-state index contributed by atoms with van der Waals surface area (Å²) in [6, 6.07) is 17.0. The lowest BCUT2D eigenvalue weighted by Gasteiger charge is -2.35. The van der Waals surface area contributed by atoms with Gasteiger partial charge in [-0.2, -0.15) is 13.2 Å². The highest BCUT2D eigenvalue weighted by molar-refractivity contribution is 6.32. The van der Waals surface area contributed by atoms with Crippen molar-refractivity contribution in [2.75, 3.05) is 11.9 Å². The summed E-state index contributed by atoms with van der Waals surface area (Å²) < 4.78 is 66.4. The molecule has 0 aliphatic carbocycles. The predicted molar refractivity (Wildman–Crippen MR) is 128 cm³/mol. The third-order valence-electron chi connectivity index (χ3n) is 5.27. The number of urea groups is 1. The van der Waals surface area contributed by atoms with Crippen LogP contribution < -0.4 is 14.4 Å². The number of halogens is 5. The fourth-order valence-corrected chi connectivity index (χ4v) is 3.69. The van der Waals surface area contributed by atoms with Crippen LogP contribution in [0.2, 0.25) is 5.02 Å². The quantitative estimate of drug-likeness (QED) is 0.314. The number of nitrogens with zero attached hydrogens (tertiary/aromatic N) is 2. The Labute approximate surface area is 209 Å². The lowest BCUT2D eigenvalue weighted by atomic mass is 10.2. The standard InChI is InChI=1S/C26H19ClF4N2O3/c1-16-12-24(26(29,30)31)32(2)25(34)33(16)20-14-23(18(27)13-19(20)28)36-22-11-7-6-10-21(22)35-15-17-8-4-3-5-9-17/h3-14H,1,15H2,2H3. The maximum Gasteiger partial charge on any atom is 0.431 e. The largest absolute Gasteiger partial charge is 0.485 e. The summed E-state index contributed by atoms with van der Waals surface area (Å²) in [6.45, 7) is 3.76. The molecule has 0 aromatic heterocycles. The Bertz CT molecular complexity index is 1340. The SMILES string of the molecule is C=C1C=C(C(F)(F)F)N(C)C(=O)N1c1cc(Oc2ccccc2OCc2ccccc2)c(Cl)cc1F. The van der Waals surface area contributed by atoms with Crippen molar-refractivity contribution in [2.45, 2.75) is 12.8 Å². The molecule has 1 aliphatic heterocycles. The van der Waals surface area contributed by atoms with Gasteiger partial charge >= 0.3 is 12.2 Å². The summed E-state index contributed by atoms with van der Waals surface area (Å²) >= 11 is 6.20. The third kappa shape index (κ3) is 5.16. The molecule has 4 rings (SSSR count). The Balaban J connectivity index is 1.65. The fraction of sp³-hybridized carbons (Fsp3) is 0.115. The fourth-order valence-electron chi connectivity index (χ4n) is 3.50. The molecule has 0 fully saturated rings. The predicted octanol–water partition coefficient (Wildman–Crippen LogP) is 7.68. The van der Waals surface area contributed by atoms with Crippen LogP contribution in [0, 0.1) is 5.82 Å². The number of rotatable bonds is 6. The highest BCUT2D eigenvalue weighted by Crippen LogP contribution is 2.41.